The molecule has 0 saturated carbocycles. The van der Waals surface area contributed by atoms with Gasteiger partial charge in [0.25, 0.3) is 0 Å². The van der Waals surface area contributed by atoms with E-state index < -0.39 is 0 Å². The highest BCUT2D eigenvalue weighted by atomic mass is 16.5. The molecular weight excluding hydrogens is 340 g/mol. The number of nitrogens with one attached hydrogen (secondary N) is 1. The van der Waals surface area contributed by atoms with E-state index in [-0.39, 0.29) is 30.6 Å². The highest BCUT2D eigenvalue weighted by Gasteiger charge is 2.24. The van der Waals surface area contributed by atoms with E-state index in [0.29, 0.717) is 19.7 Å². The normalized spacial score (nSPS) is 14.1. The lowest BCUT2D eigenvalue weighted by molar-refractivity contribution is -0.125. The van der Waals surface area contributed by atoms with Crippen molar-refractivity contribution in [1.82, 2.24) is 5.32 Å². The monoisotopic (exact) mass is 366 g/mol. The number of nitrogens with zero attached hydrogens (tertiary/aromatic N) is 1. The molecule has 0 saturated heterocycles. The molecule has 142 valence electrons. The number of fused-ring (bicyclic) bond motifs is 1. The van der Waals surface area contributed by atoms with E-state index >= 15 is 0 Å². The molecule has 0 aromatic heterocycles. The largest absolute Gasteiger partial charge is 0.490 e. The van der Waals surface area contributed by atoms with Gasteiger partial charge in [-0.1, -0.05) is 43.3 Å². The minimum Gasteiger partial charge on any atom is -0.490 e. The molecule has 2 aromatic rings. The fraction of sp³-hybridized carbons (Fsp3) is 0.364. The highest BCUT2D eigenvalue weighted by Crippen LogP contribution is 2.32. The average Bonchev–Trinajstić information content (AvgIpc) is 2.70. The molecule has 1 N–H and O–H groups in total. The summed E-state index contributed by atoms with van der Waals surface area (Å²) in [5.74, 6) is 0.821. The fourth-order valence-corrected chi connectivity index (χ4v) is 3.20. The van der Waals surface area contributed by atoms with Gasteiger partial charge in [0.2, 0.25) is 11.8 Å². The highest BCUT2D eigenvalue weighted by molar-refractivity contribution is 5.97. The first-order chi connectivity index (χ1) is 13.0. The van der Waals surface area contributed by atoms with Crippen LogP contribution >= 0.6 is 0 Å². The van der Waals surface area contributed by atoms with Crippen LogP contribution in [0.5, 0.6) is 5.75 Å². The Morgan fingerprint density at radius 1 is 1.15 bits per heavy atom. The zero-order chi connectivity index (χ0) is 19.2. The molecule has 5 heteroatoms. The lowest BCUT2D eigenvalue weighted by Crippen LogP contribution is -2.38. The van der Waals surface area contributed by atoms with Gasteiger partial charge in [-0.25, -0.2) is 0 Å². The molecule has 1 atom stereocenters. The SMILES string of the molecule is Cc1ccc2c(c1)N(C(=O)CCC(=O)NCC(C)c1ccccc1)CCO2. The quantitative estimate of drug-likeness (QED) is 0.852. The molecule has 0 radical (unpaired) electrons. The first-order valence-electron chi connectivity index (χ1n) is 9.40. The molecule has 0 aliphatic carbocycles. The van der Waals surface area contributed by atoms with Gasteiger partial charge in [-0.3, -0.25) is 9.59 Å². The third-order valence-electron chi connectivity index (χ3n) is 4.82. The summed E-state index contributed by atoms with van der Waals surface area (Å²) in [6.07, 6.45) is 0.387. The van der Waals surface area contributed by atoms with Gasteiger partial charge >= 0.3 is 0 Å². The maximum absolute atomic E-state index is 12.6. The summed E-state index contributed by atoms with van der Waals surface area (Å²) < 4.78 is 5.62. The van der Waals surface area contributed by atoms with E-state index in [1.54, 1.807) is 4.90 Å². The van der Waals surface area contributed by atoms with E-state index in [4.69, 9.17) is 4.74 Å². The molecule has 27 heavy (non-hydrogen) atoms. The molecule has 0 bridgehead atoms. The van der Waals surface area contributed by atoms with Crippen molar-refractivity contribution in [3.05, 3.63) is 59.7 Å². The van der Waals surface area contributed by atoms with E-state index in [1.165, 1.54) is 5.56 Å². The fourth-order valence-electron chi connectivity index (χ4n) is 3.20. The van der Waals surface area contributed by atoms with Gasteiger partial charge in [0.1, 0.15) is 12.4 Å². The number of amides is 2. The zero-order valence-electron chi connectivity index (χ0n) is 15.9. The van der Waals surface area contributed by atoms with Crippen molar-refractivity contribution < 1.29 is 14.3 Å². The maximum atomic E-state index is 12.6. The second-order valence-electron chi connectivity index (χ2n) is 6.98. The van der Waals surface area contributed by atoms with Crippen molar-refractivity contribution in [3.63, 3.8) is 0 Å². The van der Waals surface area contributed by atoms with Crippen LogP contribution in [0.15, 0.2) is 48.5 Å². The van der Waals surface area contributed by atoms with E-state index in [1.807, 2.05) is 43.3 Å². The van der Waals surface area contributed by atoms with E-state index in [0.717, 1.165) is 17.0 Å². The Morgan fingerprint density at radius 2 is 1.93 bits per heavy atom. The number of aryl methyl sites for hydroxylation is 1. The zero-order valence-corrected chi connectivity index (χ0v) is 15.9. The summed E-state index contributed by atoms with van der Waals surface area (Å²) in [6.45, 7) is 5.62. The summed E-state index contributed by atoms with van der Waals surface area (Å²) in [6, 6.07) is 15.9. The van der Waals surface area contributed by atoms with E-state index in [2.05, 4.69) is 24.4 Å². The summed E-state index contributed by atoms with van der Waals surface area (Å²) in [5.41, 5.74) is 3.06. The van der Waals surface area contributed by atoms with Crippen molar-refractivity contribution in [2.24, 2.45) is 0 Å². The van der Waals surface area contributed by atoms with Gasteiger partial charge in [0, 0.05) is 19.4 Å². The first-order valence-corrected chi connectivity index (χ1v) is 9.40. The van der Waals surface area contributed by atoms with Crippen molar-refractivity contribution in [2.75, 3.05) is 24.6 Å². The summed E-state index contributed by atoms with van der Waals surface area (Å²) in [4.78, 5) is 26.5. The molecular formula is C22H26N2O3. The third kappa shape index (κ3) is 4.88. The summed E-state index contributed by atoms with van der Waals surface area (Å²) in [7, 11) is 0. The predicted octanol–water partition coefficient (Wildman–Crippen LogP) is 3.42. The first kappa shape index (κ1) is 19.0. The molecule has 2 amide bonds. The number of hydrogen-bond acceptors (Lipinski definition) is 3. The van der Waals surface area contributed by atoms with E-state index in [9.17, 15) is 9.59 Å². The number of rotatable bonds is 6. The Morgan fingerprint density at radius 3 is 2.70 bits per heavy atom. The smallest absolute Gasteiger partial charge is 0.227 e. The van der Waals surface area contributed by atoms with Crippen molar-refractivity contribution >= 4 is 17.5 Å². The third-order valence-corrected chi connectivity index (χ3v) is 4.82. The molecule has 1 heterocycles. The van der Waals surface area contributed by atoms with Gasteiger partial charge in [-0.05, 0) is 36.1 Å². The molecule has 3 rings (SSSR count). The molecule has 1 aliphatic heterocycles. The van der Waals surface area contributed by atoms with Crippen LogP contribution in [0.2, 0.25) is 0 Å². The van der Waals surface area contributed by atoms with Gasteiger partial charge < -0.3 is 15.0 Å². The average molecular weight is 366 g/mol. The minimum absolute atomic E-state index is 0.0450. The molecule has 1 unspecified atom stereocenters. The van der Waals surface area contributed by atoms with Crippen LogP contribution in [0.4, 0.5) is 5.69 Å². The summed E-state index contributed by atoms with van der Waals surface area (Å²) >= 11 is 0. The lowest BCUT2D eigenvalue weighted by Gasteiger charge is -2.30. The predicted molar refractivity (Wildman–Crippen MR) is 106 cm³/mol. The Hall–Kier alpha value is -2.82. The van der Waals surface area contributed by atoms with Crippen LogP contribution in [-0.2, 0) is 9.59 Å². The van der Waals surface area contributed by atoms with Crippen LogP contribution in [0.1, 0.15) is 36.8 Å². The number of ether oxygens (including phenoxy) is 1. The molecule has 1 aliphatic rings. The Balaban J connectivity index is 1.50. The number of benzene rings is 2. The Labute approximate surface area is 160 Å². The standard InChI is InChI=1S/C22H26N2O3/c1-16-8-9-20-19(14-16)24(12-13-27-20)22(26)11-10-21(25)23-15-17(2)18-6-4-3-5-7-18/h3-9,14,17H,10-13,15H2,1-2H3,(H,23,25). The topological polar surface area (TPSA) is 58.6 Å². The van der Waals surface area contributed by atoms with Crippen LogP contribution in [-0.4, -0.2) is 31.5 Å². The van der Waals surface area contributed by atoms with Crippen molar-refractivity contribution in [1.29, 1.82) is 0 Å². The Bertz CT molecular complexity index is 804. The van der Waals surface area contributed by atoms with Gasteiger partial charge in [0.15, 0.2) is 0 Å². The second kappa shape index (κ2) is 8.71. The second-order valence-corrected chi connectivity index (χ2v) is 6.98. The van der Waals surface area contributed by atoms with Gasteiger partial charge in [-0.2, -0.15) is 0 Å². The molecule has 0 spiro atoms. The minimum atomic E-state index is -0.0937. The summed E-state index contributed by atoms with van der Waals surface area (Å²) in [5, 5.41) is 2.93. The number of carbonyl (C=O) groups excluding carboxylic acids is 2. The molecule has 2 aromatic carbocycles. The molecule has 5 nitrogen and oxygen atoms in total. The van der Waals surface area contributed by atoms with Gasteiger partial charge in [-0.15, -0.1) is 0 Å². The van der Waals surface area contributed by atoms with Crippen LogP contribution < -0.4 is 15.0 Å². The van der Waals surface area contributed by atoms with Gasteiger partial charge in [0.05, 0.1) is 12.2 Å². The number of hydrogen-bond donors (Lipinski definition) is 1. The number of anilines is 1. The molecule has 0 fully saturated rings. The van der Waals surface area contributed by atoms with Crippen LogP contribution in [0, 0.1) is 6.92 Å². The van der Waals surface area contributed by atoms with Crippen LogP contribution in [0.3, 0.4) is 0 Å². The Kier molecular flexibility index (Phi) is 6.12. The number of carbonyl (C=O) groups is 2. The van der Waals surface area contributed by atoms with Crippen LogP contribution in [0.25, 0.3) is 0 Å². The lowest BCUT2D eigenvalue weighted by atomic mass is 10.0. The maximum Gasteiger partial charge on any atom is 0.227 e. The van der Waals surface area contributed by atoms with Crippen molar-refractivity contribution in [3.8, 4) is 5.75 Å². The van der Waals surface area contributed by atoms with Crippen molar-refractivity contribution in [2.45, 2.75) is 32.6 Å².